The molecule has 2 aliphatic rings. The van der Waals surface area contributed by atoms with Crippen LogP contribution in [-0.2, 0) is 23.7 Å². The molecule has 1 aromatic heterocycles. The summed E-state index contributed by atoms with van der Waals surface area (Å²) in [5.74, 6) is -4.31. The molecule has 0 unspecified atom stereocenters. The summed E-state index contributed by atoms with van der Waals surface area (Å²) in [7, 11) is 0. The minimum Gasteiger partial charge on any atom is -0.508 e. The lowest BCUT2D eigenvalue weighted by atomic mass is 9.97. The number of aliphatic hydroxyl groups is 5. The fraction of sp³-hybridized carbons (Fsp3) is 0.333. The monoisotopic (exact) mass is 756 g/mol. The number of hydrogen-bond acceptors (Lipinski definition) is 18. The Morgan fingerprint density at radius 2 is 1.48 bits per heavy atom. The van der Waals surface area contributed by atoms with Crippen molar-refractivity contribution in [1.82, 2.24) is 0 Å². The van der Waals surface area contributed by atoms with Crippen molar-refractivity contribution in [3.8, 4) is 45.8 Å². The molecule has 0 spiro atoms. The maximum atomic E-state index is 13.9. The van der Waals surface area contributed by atoms with E-state index in [4.69, 9.17) is 28.1 Å². The summed E-state index contributed by atoms with van der Waals surface area (Å²) in [5.41, 5.74) is -0.858. The molecular weight excluding hydrogens is 720 g/mol. The Morgan fingerprint density at radius 1 is 0.759 bits per heavy atom. The van der Waals surface area contributed by atoms with Gasteiger partial charge >= 0.3 is 5.97 Å². The summed E-state index contributed by atoms with van der Waals surface area (Å²) in [6.45, 7) is 0.691. The molecule has 0 amide bonds. The van der Waals surface area contributed by atoms with Crippen LogP contribution in [0, 0.1) is 0 Å². The zero-order chi connectivity index (χ0) is 39.0. The summed E-state index contributed by atoms with van der Waals surface area (Å²) in [6.07, 6.45) is -15.2. The molecule has 2 fully saturated rings. The lowest BCUT2D eigenvalue weighted by Gasteiger charge is -2.45. The van der Waals surface area contributed by atoms with Gasteiger partial charge in [0.25, 0.3) is 0 Å². The van der Waals surface area contributed by atoms with Gasteiger partial charge in [-0.25, -0.2) is 4.79 Å². The Kier molecular flexibility index (Phi) is 11.0. The average Bonchev–Trinajstić information content (AvgIpc) is 3.13. The number of aliphatic hydroxyl groups excluding tert-OH is 5. The number of ether oxygens (including phenoxy) is 5. The predicted molar refractivity (Wildman–Crippen MR) is 181 cm³/mol. The Hall–Kier alpha value is -5.44. The van der Waals surface area contributed by atoms with Gasteiger partial charge in [0.2, 0.25) is 17.5 Å². The third-order valence-corrected chi connectivity index (χ3v) is 8.83. The lowest BCUT2D eigenvalue weighted by Crippen LogP contribution is -2.64. The molecule has 54 heavy (non-hydrogen) atoms. The molecule has 18 heteroatoms. The van der Waals surface area contributed by atoms with E-state index < -0.39 is 119 Å². The standard InChI is InChI=1S/C36H36O18/c1-14-26(43)30(47)34(54-35-31(48)29(46)27(44)23(52-35)13-49-24(42)9-4-15-2-6-17(37)7-3-15)36(50-14)53-33-28(45)25-21(41)11-18(38)12-22(25)51-32(33)16-5-8-19(39)20(40)10-16/h2-12,14,23,26-27,29-31,34-41,43-44,46-48H,13H2,1H3/t14-,23-,26+,27-,29+,30-,31-,34-,35-,36+/m1/s1. The van der Waals surface area contributed by atoms with Crippen LogP contribution in [-0.4, -0.2) is 125 Å². The number of carbonyl (C=O) groups is 1. The van der Waals surface area contributed by atoms with Gasteiger partial charge in [-0.1, -0.05) is 12.1 Å². The maximum absolute atomic E-state index is 13.9. The minimum absolute atomic E-state index is 0.0198. The summed E-state index contributed by atoms with van der Waals surface area (Å²) >= 11 is 0. The molecule has 0 radical (unpaired) electrons. The van der Waals surface area contributed by atoms with Crippen LogP contribution in [0.15, 0.2) is 69.9 Å². The van der Waals surface area contributed by atoms with Crippen LogP contribution < -0.4 is 10.2 Å². The summed E-state index contributed by atoms with van der Waals surface area (Å²) < 4.78 is 34.2. The number of benzene rings is 3. The van der Waals surface area contributed by atoms with Gasteiger partial charge in [0.1, 0.15) is 71.4 Å². The third-order valence-electron chi connectivity index (χ3n) is 8.83. The van der Waals surface area contributed by atoms with E-state index >= 15 is 0 Å². The Labute approximate surface area is 304 Å². The van der Waals surface area contributed by atoms with Crippen molar-refractivity contribution in [2.75, 3.05) is 6.61 Å². The van der Waals surface area contributed by atoms with E-state index in [2.05, 4.69) is 0 Å². The average molecular weight is 757 g/mol. The number of fused-ring (bicyclic) bond motifs is 1. The highest BCUT2D eigenvalue weighted by Crippen LogP contribution is 2.40. The van der Waals surface area contributed by atoms with Crippen molar-refractivity contribution < 1.29 is 84.0 Å². The Bertz CT molecular complexity index is 2080. The van der Waals surface area contributed by atoms with E-state index in [1.54, 1.807) is 0 Å². The first-order valence-corrected chi connectivity index (χ1v) is 16.3. The fourth-order valence-electron chi connectivity index (χ4n) is 5.87. The molecule has 18 nitrogen and oxygen atoms in total. The molecule has 0 bridgehead atoms. The predicted octanol–water partition coefficient (Wildman–Crippen LogP) is 0.283. The van der Waals surface area contributed by atoms with Gasteiger partial charge in [-0.05, 0) is 48.9 Å². The number of aromatic hydroxyl groups is 5. The number of esters is 1. The Morgan fingerprint density at radius 3 is 2.19 bits per heavy atom. The van der Waals surface area contributed by atoms with Gasteiger partial charge in [-0.15, -0.1) is 0 Å². The van der Waals surface area contributed by atoms with E-state index in [-0.39, 0.29) is 16.9 Å². The zero-order valence-electron chi connectivity index (χ0n) is 28.1. The highest BCUT2D eigenvalue weighted by atomic mass is 16.8. The smallest absolute Gasteiger partial charge is 0.330 e. The van der Waals surface area contributed by atoms with E-state index in [9.17, 15) is 60.7 Å². The lowest BCUT2D eigenvalue weighted by molar-refractivity contribution is -0.355. The summed E-state index contributed by atoms with van der Waals surface area (Å²) in [4.78, 5) is 26.3. The van der Waals surface area contributed by atoms with E-state index in [0.29, 0.717) is 5.56 Å². The topological polar surface area (TPSA) is 296 Å². The molecule has 10 N–H and O–H groups in total. The first-order chi connectivity index (χ1) is 25.6. The van der Waals surface area contributed by atoms with Crippen molar-refractivity contribution in [2.45, 2.75) is 68.3 Å². The SMILES string of the molecule is C[C@H]1O[C@@H](Oc2c(-c3ccc(O)c(O)c3)oc3cc(O)cc(O)c3c2=O)[C@H](O[C@H]2O[C@H](COC(=O)C=Cc3ccc(O)cc3)[C@@H](O)[C@H](O)[C@H]2O)[C@H](O)[C@H]1O. The molecular formula is C36H36O18. The van der Waals surface area contributed by atoms with Crippen molar-refractivity contribution >= 4 is 23.0 Å². The summed E-state index contributed by atoms with van der Waals surface area (Å²) in [5, 5.41) is 104. The van der Waals surface area contributed by atoms with Crippen LogP contribution in [0.25, 0.3) is 28.4 Å². The molecule has 2 saturated heterocycles. The molecule has 288 valence electrons. The van der Waals surface area contributed by atoms with Crippen molar-refractivity contribution in [3.63, 3.8) is 0 Å². The molecule has 0 aliphatic carbocycles. The van der Waals surface area contributed by atoms with E-state index in [1.807, 2.05) is 0 Å². The second-order valence-electron chi connectivity index (χ2n) is 12.6. The number of phenols is 5. The zero-order valence-corrected chi connectivity index (χ0v) is 28.1. The van der Waals surface area contributed by atoms with Crippen LogP contribution >= 0.6 is 0 Å². The Balaban J connectivity index is 1.28. The van der Waals surface area contributed by atoms with Crippen LogP contribution in [0.2, 0.25) is 0 Å². The van der Waals surface area contributed by atoms with Gasteiger partial charge in [0, 0.05) is 23.8 Å². The first-order valence-electron chi connectivity index (χ1n) is 16.3. The van der Waals surface area contributed by atoms with E-state index in [1.165, 1.54) is 43.3 Å². The molecule has 4 aromatic rings. The van der Waals surface area contributed by atoms with Crippen LogP contribution in [0.4, 0.5) is 0 Å². The fourth-order valence-corrected chi connectivity index (χ4v) is 5.87. The number of carbonyl (C=O) groups excluding carboxylic acids is 1. The number of phenolic OH excluding ortho intramolecular Hbond substituents is 5. The number of hydrogen-bond donors (Lipinski definition) is 10. The third kappa shape index (κ3) is 7.77. The van der Waals surface area contributed by atoms with E-state index in [0.717, 1.165) is 30.3 Å². The van der Waals surface area contributed by atoms with Crippen molar-refractivity contribution in [3.05, 3.63) is 76.5 Å². The molecule has 6 rings (SSSR count). The molecule has 10 atom stereocenters. The second-order valence-corrected chi connectivity index (χ2v) is 12.6. The molecule has 2 aliphatic heterocycles. The van der Waals surface area contributed by atoms with Gasteiger partial charge in [-0.2, -0.15) is 0 Å². The van der Waals surface area contributed by atoms with Gasteiger partial charge in [0.05, 0.1) is 6.10 Å². The van der Waals surface area contributed by atoms with Crippen LogP contribution in [0.5, 0.6) is 34.5 Å². The second kappa shape index (κ2) is 15.5. The minimum atomic E-state index is -2.00. The van der Waals surface area contributed by atoms with Gasteiger partial charge in [-0.3, -0.25) is 4.79 Å². The largest absolute Gasteiger partial charge is 0.508 e. The highest BCUT2D eigenvalue weighted by molar-refractivity contribution is 5.88. The van der Waals surface area contributed by atoms with Crippen molar-refractivity contribution in [2.24, 2.45) is 0 Å². The summed E-state index contributed by atoms with van der Waals surface area (Å²) in [6, 6.07) is 11.1. The molecule has 3 aromatic carbocycles. The normalized spacial score (nSPS) is 28.6. The van der Waals surface area contributed by atoms with Gasteiger partial charge in [0.15, 0.2) is 29.7 Å². The number of rotatable bonds is 9. The van der Waals surface area contributed by atoms with Crippen LogP contribution in [0.3, 0.4) is 0 Å². The molecule has 3 heterocycles. The van der Waals surface area contributed by atoms with Gasteiger partial charge < -0.3 is 79.2 Å². The first kappa shape index (κ1) is 38.3. The van der Waals surface area contributed by atoms with Crippen molar-refractivity contribution in [1.29, 1.82) is 0 Å². The highest BCUT2D eigenvalue weighted by Gasteiger charge is 2.51. The maximum Gasteiger partial charge on any atom is 0.330 e. The van der Waals surface area contributed by atoms with Crippen LogP contribution in [0.1, 0.15) is 12.5 Å². The molecule has 0 saturated carbocycles. The quantitative estimate of drug-likeness (QED) is 0.0623.